The highest BCUT2D eigenvalue weighted by atomic mass is 19.1. The molecule has 0 spiro atoms. The SMILES string of the molecule is CN(C)C[C@H]1[C@H]2C[C@H](CN(C(=O)c3cc(F)cc(C#N)c3)C2)[C@@H]2CCCC(=O)N21. The van der Waals surface area contributed by atoms with Gasteiger partial charge in [0.2, 0.25) is 5.91 Å². The Morgan fingerprint density at radius 2 is 2.03 bits per heavy atom. The van der Waals surface area contributed by atoms with E-state index in [4.69, 9.17) is 5.26 Å². The molecule has 4 atom stereocenters. The minimum absolute atomic E-state index is 0.0943. The van der Waals surface area contributed by atoms with Gasteiger partial charge in [0.15, 0.2) is 0 Å². The first-order chi connectivity index (χ1) is 13.9. The molecule has 0 aliphatic carbocycles. The molecule has 3 heterocycles. The Balaban J connectivity index is 1.62. The van der Waals surface area contributed by atoms with E-state index in [1.807, 2.05) is 25.1 Å². The highest BCUT2D eigenvalue weighted by molar-refractivity contribution is 5.94. The number of nitrogens with zero attached hydrogens (tertiary/aromatic N) is 4. The van der Waals surface area contributed by atoms with E-state index in [1.165, 1.54) is 12.1 Å². The van der Waals surface area contributed by atoms with Crippen LogP contribution in [-0.2, 0) is 4.79 Å². The lowest BCUT2D eigenvalue weighted by Crippen LogP contribution is -2.67. The van der Waals surface area contributed by atoms with Crippen LogP contribution < -0.4 is 0 Å². The summed E-state index contributed by atoms with van der Waals surface area (Å²) in [4.78, 5) is 32.0. The molecule has 154 valence electrons. The van der Waals surface area contributed by atoms with Gasteiger partial charge in [-0.3, -0.25) is 9.59 Å². The number of carbonyl (C=O) groups is 2. The second kappa shape index (κ2) is 7.75. The van der Waals surface area contributed by atoms with E-state index in [9.17, 15) is 14.0 Å². The van der Waals surface area contributed by atoms with Gasteiger partial charge < -0.3 is 14.7 Å². The number of rotatable bonds is 3. The number of nitriles is 1. The van der Waals surface area contributed by atoms with Crippen LogP contribution in [0, 0.1) is 29.0 Å². The second-order valence-electron chi connectivity index (χ2n) is 8.90. The Hall–Kier alpha value is -2.46. The molecular formula is C22H27FN4O2. The number of fused-ring (bicyclic) bond motifs is 4. The third-order valence-electron chi connectivity index (χ3n) is 6.61. The van der Waals surface area contributed by atoms with Gasteiger partial charge in [0.05, 0.1) is 11.6 Å². The van der Waals surface area contributed by atoms with E-state index in [0.29, 0.717) is 19.5 Å². The Labute approximate surface area is 170 Å². The van der Waals surface area contributed by atoms with Crippen molar-refractivity contribution in [1.29, 1.82) is 5.26 Å². The summed E-state index contributed by atoms with van der Waals surface area (Å²) in [6.45, 7) is 1.92. The van der Waals surface area contributed by atoms with Crippen LogP contribution in [0.25, 0.3) is 0 Å². The van der Waals surface area contributed by atoms with Gasteiger partial charge in [0.1, 0.15) is 5.82 Å². The van der Waals surface area contributed by atoms with Gasteiger partial charge >= 0.3 is 0 Å². The first-order valence-electron chi connectivity index (χ1n) is 10.3. The van der Waals surface area contributed by atoms with E-state index >= 15 is 0 Å². The number of piperidine rings is 3. The quantitative estimate of drug-likeness (QED) is 0.782. The minimum atomic E-state index is -0.570. The fourth-order valence-corrected chi connectivity index (χ4v) is 5.51. The number of benzene rings is 1. The van der Waals surface area contributed by atoms with Gasteiger partial charge in [-0.15, -0.1) is 0 Å². The van der Waals surface area contributed by atoms with Crippen LogP contribution in [0.2, 0.25) is 0 Å². The normalized spacial score (nSPS) is 28.9. The van der Waals surface area contributed by atoms with Crippen molar-refractivity contribution in [3.8, 4) is 6.07 Å². The largest absolute Gasteiger partial charge is 0.338 e. The maximum absolute atomic E-state index is 13.9. The summed E-state index contributed by atoms with van der Waals surface area (Å²) in [7, 11) is 4.02. The van der Waals surface area contributed by atoms with Crippen LogP contribution in [0.4, 0.5) is 4.39 Å². The van der Waals surface area contributed by atoms with Crippen molar-refractivity contribution in [3.63, 3.8) is 0 Å². The summed E-state index contributed by atoms with van der Waals surface area (Å²) in [6, 6.07) is 6.00. The molecule has 6 nitrogen and oxygen atoms in total. The second-order valence-corrected chi connectivity index (χ2v) is 8.90. The molecule has 2 bridgehead atoms. The minimum Gasteiger partial charge on any atom is -0.338 e. The number of likely N-dealkylation sites (N-methyl/N-ethyl adjacent to an activating group) is 1. The molecule has 3 aliphatic rings. The van der Waals surface area contributed by atoms with Crippen molar-refractivity contribution >= 4 is 11.8 Å². The van der Waals surface area contributed by atoms with E-state index in [1.54, 1.807) is 0 Å². The van der Waals surface area contributed by atoms with Crippen LogP contribution in [0.15, 0.2) is 18.2 Å². The van der Waals surface area contributed by atoms with Crippen molar-refractivity contribution in [1.82, 2.24) is 14.7 Å². The first kappa shape index (κ1) is 19.8. The molecular weight excluding hydrogens is 371 g/mol. The Bertz CT molecular complexity index is 865. The highest BCUT2D eigenvalue weighted by Crippen LogP contribution is 2.42. The van der Waals surface area contributed by atoms with Crippen LogP contribution in [0.1, 0.15) is 41.6 Å². The standard InChI is InChI=1S/C22H27FN4O2/c1-25(2)13-20-17-8-16(19-4-3-5-21(28)27(19)20)11-26(12-17)22(29)15-6-14(10-24)7-18(23)9-15/h6-7,9,16-17,19-20H,3-5,8,11-13H2,1-2H3/t16-,17+,19+,20+/m1/s1. The number of hydrogen-bond donors (Lipinski definition) is 0. The van der Waals surface area contributed by atoms with E-state index in [2.05, 4.69) is 9.80 Å². The van der Waals surface area contributed by atoms with Crippen molar-refractivity contribution in [3.05, 3.63) is 35.1 Å². The lowest BCUT2D eigenvalue weighted by atomic mass is 9.72. The van der Waals surface area contributed by atoms with Crippen LogP contribution in [-0.4, -0.2) is 72.3 Å². The number of hydrogen-bond acceptors (Lipinski definition) is 4. The van der Waals surface area contributed by atoms with E-state index < -0.39 is 5.82 Å². The van der Waals surface area contributed by atoms with Crippen molar-refractivity contribution in [2.45, 2.75) is 37.8 Å². The van der Waals surface area contributed by atoms with Gasteiger partial charge in [-0.05, 0) is 63.4 Å². The summed E-state index contributed by atoms with van der Waals surface area (Å²) < 4.78 is 13.9. The van der Waals surface area contributed by atoms with Gasteiger partial charge in [-0.1, -0.05) is 0 Å². The zero-order valence-electron chi connectivity index (χ0n) is 17.0. The summed E-state index contributed by atoms with van der Waals surface area (Å²) in [5.74, 6) is -0.0906. The molecule has 0 saturated carbocycles. The smallest absolute Gasteiger partial charge is 0.254 e. The van der Waals surface area contributed by atoms with Crippen molar-refractivity contribution < 1.29 is 14.0 Å². The van der Waals surface area contributed by atoms with Gasteiger partial charge in [-0.2, -0.15) is 5.26 Å². The first-order valence-corrected chi connectivity index (χ1v) is 10.3. The molecule has 4 rings (SSSR count). The average Bonchev–Trinajstić information content (AvgIpc) is 2.69. The van der Waals surface area contributed by atoms with Gasteiger partial charge in [0.25, 0.3) is 5.91 Å². The molecule has 3 fully saturated rings. The highest BCUT2D eigenvalue weighted by Gasteiger charge is 2.50. The zero-order chi connectivity index (χ0) is 20.7. The molecule has 0 aromatic heterocycles. The van der Waals surface area contributed by atoms with E-state index in [0.717, 1.165) is 31.9 Å². The van der Waals surface area contributed by atoms with Crippen molar-refractivity contribution in [2.75, 3.05) is 33.7 Å². The average molecular weight is 398 g/mol. The molecule has 29 heavy (non-hydrogen) atoms. The number of carbonyl (C=O) groups excluding carboxylic acids is 2. The summed E-state index contributed by atoms with van der Waals surface area (Å²) >= 11 is 0. The maximum Gasteiger partial charge on any atom is 0.254 e. The van der Waals surface area contributed by atoms with Gasteiger partial charge in [0, 0.05) is 43.7 Å². The predicted octanol–water partition coefficient (Wildman–Crippen LogP) is 2.10. The molecule has 3 aliphatic heterocycles. The third-order valence-corrected chi connectivity index (χ3v) is 6.61. The van der Waals surface area contributed by atoms with Gasteiger partial charge in [-0.25, -0.2) is 4.39 Å². The summed E-state index contributed by atoms with van der Waals surface area (Å²) in [6.07, 6.45) is 3.51. The number of amides is 2. The Kier molecular flexibility index (Phi) is 5.30. The van der Waals surface area contributed by atoms with Crippen LogP contribution in [0.5, 0.6) is 0 Å². The van der Waals surface area contributed by atoms with E-state index in [-0.39, 0.29) is 46.9 Å². The lowest BCUT2D eigenvalue weighted by Gasteiger charge is -2.57. The van der Waals surface area contributed by atoms with Crippen LogP contribution >= 0.6 is 0 Å². The molecule has 0 unspecified atom stereocenters. The summed E-state index contributed by atoms with van der Waals surface area (Å²) in [5.41, 5.74) is 0.377. The fourth-order valence-electron chi connectivity index (χ4n) is 5.51. The molecule has 1 aromatic rings. The fraction of sp³-hybridized carbons (Fsp3) is 0.591. The summed E-state index contributed by atoms with van der Waals surface area (Å²) in [5, 5.41) is 9.10. The number of likely N-dealkylation sites (tertiary alicyclic amines) is 1. The van der Waals surface area contributed by atoms with Crippen molar-refractivity contribution in [2.24, 2.45) is 11.8 Å². The molecule has 3 saturated heterocycles. The molecule has 1 aromatic carbocycles. The third kappa shape index (κ3) is 3.74. The number of halogens is 1. The predicted molar refractivity (Wildman–Crippen MR) is 105 cm³/mol. The Morgan fingerprint density at radius 1 is 1.28 bits per heavy atom. The maximum atomic E-state index is 13.9. The molecule has 2 amide bonds. The lowest BCUT2D eigenvalue weighted by molar-refractivity contribution is -0.152. The topological polar surface area (TPSA) is 67.6 Å². The molecule has 0 radical (unpaired) electrons. The monoisotopic (exact) mass is 398 g/mol. The zero-order valence-corrected chi connectivity index (χ0v) is 17.0. The Morgan fingerprint density at radius 3 is 2.76 bits per heavy atom. The molecule has 7 heteroatoms. The molecule has 0 N–H and O–H groups in total. The van der Waals surface area contributed by atoms with Crippen LogP contribution in [0.3, 0.4) is 0 Å².